The molecule has 0 aliphatic carbocycles. The number of alkyl halides is 3. The molecule has 19 heavy (non-hydrogen) atoms. The third-order valence-corrected chi connectivity index (χ3v) is 3.53. The summed E-state index contributed by atoms with van der Waals surface area (Å²) < 4.78 is 37.8. The molecule has 0 heterocycles. The Labute approximate surface area is 115 Å². The van der Waals surface area contributed by atoms with Gasteiger partial charge in [-0.15, -0.1) is 0 Å². The molecule has 0 saturated heterocycles. The van der Waals surface area contributed by atoms with Crippen molar-refractivity contribution in [3.63, 3.8) is 0 Å². The van der Waals surface area contributed by atoms with Gasteiger partial charge in [-0.2, -0.15) is 13.2 Å². The quantitative estimate of drug-likeness (QED) is 0.694. The Morgan fingerprint density at radius 2 is 1.68 bits per heavy atom. The van der Waals surface area contributed by atoms with Crippen LogP contribution in [-0.4, -0.2) is 42.8 Å². The van der Waals surface area contributed by atoms with Crippen LogP contribution in [0.3, 0.4) is 0 Å². The van der Waals surface area contributed by atoms with Gasteiger partial charge in [-0.25, -0.2) is 0 Å². The number of nitrogens with one attached hydrogen (secondary N) is 1. The van der Waals surface area contributed by atoms with Crippen molar-refractivity contribution in [2.75, 3.05) is 19.6 Å². The van der Waals surface area contributed by atoms with Crippen molar-refractivity contribution in [3.05, 3.63) is 0 Å². The van der Waals surface area contributed by atoms with E-state index in [4.69, 9.17) is 0 Å². The molecule has 0 rings (SSSR count). The summed E-state index contributed by atoms with van der Waals surface area (Å²) in [5.74, 6) is 0.376. The Kier molecular flexibility index (Phi) is 8.66. The Bertz CT molecular complexity index is 229. The smallest absolute Gasteiger partial charge is 0.312 e. The van der Waals surface area contributed by atoms with Gasteiger partial charge in [-0.1, -0.05) is 27.2 Å². The molecule has 1 N–H and O–H groups in total. The molecule has 0 aromatic rings. The van der Waals surface area contributed by atoms with E-state index in [9.17, 15) is 13.2 Å². The maximum absolute atomic E-state index is 12.6. The lowest BCUT2D eigenvalue weighted by Gasteiger charge is -2.34. The minimum atomic E-state index is -4.13. The fraction of sp³-hybridized carbons (Fsp3) is 1.00. The molecule has 5 heteroatoms. The molecular weight excluding hydrogens is 253 g/mol. The zero-order valence-corrected chi connectivity index (χ0v) is 12.8. The average Bonchev–Trinajstić information content (AvgIpc) is 2.30. The van der Waals surface area contributed by atoms with Crippen LogP contribution >= 0.6 is 0 Å². The molecule has 0 aliphatic heterocycles. The van der Waals surface area contributed by atoms with Crippen LogP contribution in [0, 0.1) is 5.92 Å². The van der Waals surface area contributed by atoms with Gasteiger partial charge in [0.1, 0.15) is 0 Å². The Morgan fingerprint density at radius 1 is 1.11 bits per heavy atom. The number of halogens is 3. The van der Waals surface area contributed by atoms with Crippen molar-refractivity contribution < 1.29 is 13.2 Å². The van der Waals surface area contributed by atoms with Crippen molar-refractivity contribution in [1.29, 1.82) is 0 Å². The Balaban J connectivity index is 4.63. The summed E-state index contributed by atoms with van der Waals surface area (Å²) in [5, 5.41) is 3.38. The molecule has 0 aliphatic rings. The zero-order chi connectivity index (χ0) is 15.1. The first-order valence-electron chi connectivity index (χ1n) is 7.25. The molecule has 2 nitrogen and oxygen atoms in total. The van der Waals surface area contributed by atoms with Crippen LogP contribution in [0.2, 0.25) is 0 Å². The summed E-state index contributed by atoms with van der Waals surface area (Å²) in [5.41, 5.74) is 0. The largest absolute Gasteiger partial charge is 0.401 e. The highest BCUT2D eigenvalue weighted by Crippen LogP contribution is 2.19. The molecule has 0 amide bonds. The summed E-state index contributed by atoms with van der Waals surface area (Å²) >= 11 is 0. The highest BCUT2D eigenvalue weighted by atomic mass is 19.4. The first-order valence-corrected chi connectivity index (χ1v) is 7.25. The SMILES string of the molecule is CCCNC(CN(CC(F)(F)F)C(C)C)C(C)CC. The summed E-state index contributed by atoms with van der Waals surface area (Å²) in [6.07, 6.45) is -2.16. The van der Waals surface area contributed by atoms with Crippen LogP contribution in [0.1, 0.15) is 47.5 Å². The van der Waals surface area contributed by atoms with Crippen molar-refractivity contribution >= 4 is 0 Å². The predicted molar refractivity (Wildman–Crippen MR) is 74.3 cm³/mol. The van der Waals surface area contributed by atoms with E-state index in [1.807, 2.05) is 13.8 Å². The van der Waals surface area contributed by atoms with E-state index in [2.05, 4.69) is 26.1 Å². The molecule has 0 fully saturated rings. The number of hydrogen-bond donors (Lipinski definition) is 1. The molecule has 0 bridgehead atoms. The Morgan fingerprint density at radius 3 is 2.05 bits per heavy atom. The van der Waals surface area contributed by atoms with Crippen LogP contribution in [0.4, 0.5) is 13.2 Å². The molecule has 0 aromatic heterocycles. The highest BCUT2D eigenvalue weighted by molar-refractivity contribution is 4.79. The first-order chi connectivity index (χ1) is 8.71. The third-order valence-electron chi connectivity index (χ3n) is 3.53. The van der Waals surface area contributed by atoms with Gasteiger partial charge < -0.3 is 5.32 Å². The average molecular weight is 282 g/mol. The van der Waals surface area contributed by atoms with Crippen molar-refractivity contribution in [2.24, 2.45) is 5.92 Å². The lowest BCUT2D eigenvalue weighted by molar-refractivity contribution is -0.150. The zero-order valence-electron chi connectivity index (χ0n) is 12.8. The maximum Gasteiger partial charge on any atom is 0.401 e. The van der Waals surface area contributed by atoms with E-state index in [1.165, 1.54) is 4.90 Å². The molecule has 116 valence electrons. The van der Waals surface area contributed by atoms with Gasteiger partial charge in [0.25, 0.3) is 0 Å². The summed E-state index contributed by atoms with van der Waals surface area (Å²) in [6, 6.07) is 0.0197. The van der Waals surface area contributed by atoms with Crippen LogP contribution in [0.25, 0.3) is 0 Å². The molecule has 2 atom stereocenters. The molecule has 2 unspecified atom stereocenters. The molecule has 0 spiro atoms. The topological polar surface area (TPSA) is 15.3 Å². The lowest BCUT2D eigenvalue weighted by atomic mass is 9.98. The van der Waals surface area contributed by atoms with Crippen LogP contribution < -0.4 is 5.32 Å². The molecular formula is C14H29F3N2. The summed E-state index contributed by atoms with van der Waals surface area (Å²) in [4.78, 5) is 1.51. The number of rotatable bonds is 9. The molecule has 0 saturated carbocycles. The van der Waals surface area contributed by atoms with Crippen molar-refractivity contribution in [2.45, 2.75) is 65.7 Å². The second-order valence-corrected chi connectivity index (χ2v) is 5.58. The fourth-order valence-corrected chi connectivity index (χ4v) is 2.00. The van der Waals surface area contributed by atoms with Crippen LogP contribution in [-0.2, 0) is 0 Å². The summed E-state index contributed by atoms with van der Waals surface area (Å²) in [7, 11) is 0. The van der Waals surface area contributed by atoms with E-state index < -0.39 is 12.7 Å². The van der Waals surface area contributed by atoms with E-state index in [1.54, 1.807) is 0 Å². The van der Waals surface area contributed by atoms with Gasteiger partial charge in [0, 0.05) is 18.6 Å². The van der Waals surface area contributed by atoms with Gasteiger partial charge in [0.05, 0.1) is 6.54 Å². The van der Waals surface area contributed by atoms with E-state index in [-0.39, 0.29) is 12.1 Å². The van der Waals surface area contributed by atoms with E-state index in [0.717, 1.165) is 19.4 Å². The minimum Gasteiger partial charge on any atom is -0.312 e. The number of nitrogens with zero attached hydrogens (tertiary/aromatic N) is 1. The molecule has 0 aromatic carbocycles. The summed E-state index contributed by atoms with van der Waals surface area (Å²) in [6.45, 7) is 10.4. The Hall–Kier alpha value is -0.290. The van der Waals surface area contributed by atoms with Gasteiger partial charge in [0.2, 0.25) is 0 Å². The maximum atomic E-state index is 12.6. The number of hydrogen-bond acceptors (Lipinski definition) is 2. The van der Waals surface area contributed by atoms with Gasteiger partial charge in [-0.3, -0.25) is 4.90 Å². The molecule has 0 radical (unpaired) electrons. The van der Waals surface area contributed by atoms with E-state index in [0.29, 0.717) is 12.5 Å². The monoisotopic (exact) mass is 282 g/mol. The van der Waals surface area contributed by atoms with Gasteiger partial charge >= 0.3 is 6.18 Å². The fourth-order valence-electron chi connectivity index (χ4n) is 2.00. The van der Waals surface area contributed by atoms with Crippen LogP contribution in [0.15, 0.2) is 0 Å². The standard InChI is InChI=1S/C14H29F3N2/c1-6-8-18-13(12(5)7-2)9-19(11(3)4)10-14(15,16)17/h11-13,18H,6-10H2,1-5H3. The first kappa shape index (κ1) is 18.7. The van der Waals surface area contributed by atoms with Crippen molar-refractivity contribution in [3.8, 4) is 0 Å². The third kappa shape index (κ3) is 8.47. The predicted octanol–water partition coefficient (Wildman–Crippen LogP) is 3.67. The minimum absolute atomic E-state index is 0.100. The van der Waals surface area contributed by atoms with Crippen molar-refractivity contribution in [1.82, 2.24) is 10.2 Å². The normalized spacial score (nSPS) is 16.1. The van der Waals surface area contributed by atoms with E-state index >= 15 is 0 Å². The second-order valence-electron chi connectivity index (χ2n) is 5.58. The second kappa shape index (κ2) is 8.80. The van der Waals surface area contributed by atoms with Gasteiger partial charge in [-0.05, 0) is 32.7 Å². The van der Waals surface area contributed by atoms with Gasteiger partial charge in [0.15, 0.2) is 0 Å². The van der Waals surface area contributed by atoms with Crippen LogP contribution in [0.5, 0.6) is 0 Å². The lowest BCUT2D eigenvalue weighted by Crippen LogP contribution is -2.49. The highest BCUT2D eigenvalue weighted by Gasteiger charge is 2.33.